The second-order valence-electron chi connectivity index (χ2n) is 5.49. The van der Waals surface area contributed by atoms with Crippen molar-refractivity contribution in [3.8, 4) is 5.75 Å². The van der Waals surface area contributed by atoms with E-state index in [1.807, 2.05) is 72.8 Å². The highest BCUT2D eigenvalue weighted by molar-refractivity contribution is 9.10. The van der Waals surface area contributed by atoms with Gasteiger partial charge in [-0.2, -0.15) is 0 Å². The number of hydrogen-bond acceptors (Lipinski definition) is 2. The molecule has 0 fully saturated rings. The molecule has 3 rings (SSSR count). The molecule has 0 unspecified atom stereocenters. The Morgan fingerprint density at radius 3 is 2.58 bits per heavy atom. The Labute approximate surface area is 150 Å². The highest BCUT2D eigenvalue weighted by atomic mass is 79.9. The SMILES string of the molecule is O=C(C=CC1C=CC=C1)c1cc(Br)ccc1OCc1ccccc1. The number of carbonyl (C=O) groups is 1. The lowest BCUT2D eigenvalue weighted by molar-refractivity contribution is 0.104. The molecule has 0 saturated heterocycles. The summed E-state index contributed by atoms with van der Waals surface area (Å²) >= 11 is 3.42. The summed E-state index contributed by atoms with van der Waals surface area (Å²) < 4.78 is 6.72. The highest BCUT2D eigenvalue weighted by Gasteiger charge is 2.12. The van der Waals surface area contributed by atoms with Gasteiger partial charge in [0.1, 0.15) is 12.4 Å². The molecule has 0 heterocycles. The van der Waals surface area contributed by atoms with Crippen molar-refractivity contribution in [2.24, 2.45) is 5.92 Å². The van der Waals surface area contributed by atoms with Crippen molar-refractivity contribution < 1.29 is 9.53 Å². The van der Waals surface area contributed by atoms with Gasteiger partial charge in [0.05, 0.1) is 5.56 Å². The minimum Gasteiger partial charge on any atom is -0.488 e. The number of ether oxygens (including phenoxy) is 1. The lowest BCUT2D eigenvalue weighted by Gasteiger charge is -2.10. The van der Waals surface area contributed by atoms with E-state index in [4.69, 9.17) is 4.74 Å². The molecule has 0 N–H and O–H groups in total. The van der Waals surface area contributed by atoms with E-state index in [1.54, 1.807) is 12.1 Å². The summed E-state index contributed by atoms with van der Waals surface area (Å²) in [6, 6.07) is 15.4. The maximum Gasteiger partial charge on any atom is 0.189 e. The molecule has 1 aliphatic rings. The molecule has 1 aliphatic carbocycles. The molecule has 0 spiro atoms. The monoisotopic (exact) mass is 380 g/mol. The van der Waals surface area contributed by atoms with Crippen LogP contribution in [0, 0.1) is 5.92 Å². The summed E-state index contributed by atoms with van der Waals surface area (Å²) in [4.78, 5) is 12.5. The van der Waals surface area contributed by atoms with Crippen molar-refractivity contribution in [2.45, 2.75) is 6.61 Å². The van der Waals surface area contributed by atoms with Crippen LogP contribution in [-0.4, -0.2) is 5.78 Å². The van der Waals surface area contributed by atoms with E-state index in [1.165, 1.54) is 0 Å². The van der Waals surface area contributed by atoms with Gasteiger partial charge < -0.3 is 4.74 Å². The molecule has 120 valence electrons. The third kappa shape index (κ3) is 4.33. The summed E-state index contributed by atoms with van der Waals surface area (Å²) in [6.07, 6.45) is 11.5. The molecule has 2 aromatic carbocycles. The van der Waals surface area contributed by atoms with Crippen LogP contribution in [0.15, 0.2) is 89.5 Å². The number of halogens is 1. The second kappa shape index (κ2) is 7.93. The third-order valence-corrected chi connectivity index (χ3v) is 4.19. The maximum absolute atomic E-state index is 12.5. The van der Waals surface area contributed by atoms with Gasteiger partial charge in [0.15, 0.2) is 5.78 Å². The number of carbonyl (C=O) groups excluding carboxylic acids is 1. The van der Waals surface area contributed by atoms with Gasteiger partial charge in [0.2, 0.25) is 0 Å². The molecule has 0 atom stereocenters. The minimum absolute atomic E-state index is 0.0620. The first-order valence-corrected chi connectivity index (χ1v) is 8.55. The summed E-state index contributed by atoms with van der Waals surface area (Å²) in [5, 5.41) is 0. The molecule has 0 aromatic heterocycles. The van der Waals surface area contributed by atoms with Gasteiger partial charge >= 0.3 is 0 Å². The van der Waals surface area contributed by atoms with Crippen molar-refractivity contribution in [3.05, 3.63) is 101 Å². The van der Waals surface area contributed by atoms with Gasteiger partial charge in [-0.3, -0.25) is 4.79 Å². The average molecular weight is 381 g/mol. The predicted octanol–water partition coefficient (Wildman–Crippen LogP) is 5.51. The van der Waals surface area contributed by atoms with E-state index in [-0.39, 0.29) is 11.7 Å². The Bertz CT molecular complexity index is 792. The van der Waals surface area contributed by atoms with Crippen molar-refractivity contribution in [1.82, 2.24) is 0 Å². The molecular weight excluding hydrogens is 364 g/mol. The molecule has 3 heteroatoms. The average Bonchev–Trinajstić information content (AvgIpc) is 3.13. The zero-order valence-corrected chi connectivity index (χ0v) is 14.6. The number of rotatable bonds is 6. The molecule has 2 aromatic rings. The summed E-state index contributed by atoms with van der Waals surface area (Å²) in [5.74, 6) is 0.720. The Hall–Kier alpha value is -2.39. The Balaban J connectivity index is 1.76. The number of ketones is 1. The van der Waals surface area contributed by atoms with Crippen LogP contribution in [0.3, 0.4) is 0 Å². The predicted molar refractivity (Wildman–Crippen MR) is 100 cm³/mol. The van der Waals surface area contributed by atoms with Crippen LogP contribution in [0.4, 0.5) is 0 Å². The van der Waals surface area contributed by atoms with E-state index in [2.05, 4.69) is 15.9 Å². The van der Waals surface area contributed by atoms with Gasteiger partial charge in [-0.15, -0.1) is 0 Å². The molecule has 0 saturated carbocycles. The minimum atomic E-state index is -0.0620. The third-order valence-electron chi connectivity index (χ3n) is 3.69. The van der Waals surface area contributed by atoms with E-state index >= 15 is 0 Å². The van der Waals surface area contributed by atoms with Crippen molar-refractivity contribution >= 4 is 21.7 Å². The molecular formula is C21H17BrO2. The van der Waals surface area contributed by atoms with Crippen molar-refractivity contribution in [3.63, 3.8) is 0 Å². The number of hydrogen-bond donors (Lipinski definition) is 0. The Morgan fingerprint density at radius 2 is 1.83 bits per heavy atom. The van der Waals surface area contributed by atoms with Gasteiger partial charge in [0, 0.05) is 10.4 Å². The summed E-state index contributed by atoms with van der Waals surface area (Å²) in [6.45, 7) is 0.431. The normalized spacial score (nSPS) is 13.7. The maximum atomic E-state index is 12.5. The topological polar surface area (TPSA) is 26.3 Å². The zero-order valence-electron chi connectivity index (χ0n) is 13.1. The van der Waals surface area contributed by atoms with Gasteiger partial charge in [0.25, 0.3) is 0 Å². The first-order valence-electron chi connectivity index (χ1n) is 7.76. The molecule has 0 amide bonds. The Morgan fingerprint density at radius 1 is 1.08 bits per heavy atom. The fourth-order valence-corrected chi connectivity index (χ4v) is 2.78. The van der Waals surface area contributed by atoms with Crippen LogP contribution in [0.25, 0.3) is 0 Å². The smallest absolute Gasteiger partial charge is 0.189 e. The second-order valence-corrected chi connectivity index (χ2v) is 6.40. The fraction of sp³-hybridized carbons (Fsp3) is 0.0952. The molecule has 0 aliphatic heterocycles. The lowest BCUT2D eigenvalue weighted by atomic mass is 10.1. The van der Waals surface area contributed by atoms with E-state index in [0.29, 0.717) is 17.9 Å². The van der Waals surface area contributed by atoms with E-state index < -0.39 is 0 Å². The van der Waals surface area contributed by atoms with Crippen molar-refractivity contribution in [2.75, 3.05) is 0 Å². The number of benzene rings is 2. The first kappa shape index (κ1) is 16.5. The summed E-state index contributed by atoms with van der Waals surface area (Å²) in [7, 11) is 0. The molecule has 24 heavy (non-hydrogen) atoms. The molecule has 0 radical (unpaired) electrons. The number of allylic oxidation sites excluding steroid dienone is 6. The lowest BCUT2D eigenvalue weighted by Crippen LogP contribution is -2.03. The van der Waals surface area contributed by atoms with E-state index in [0.717, 1.165) is 10.0 Å². The van der Waals surface area contributed by atoms with Crippen LogP contribution in [0.5, 0.6) is 5.75 Å². The van der Waals surface area contributed by atoms with Crippen LogP contribution in [-0.2, 0) is 6.61 Å². The fourth-order valence-electron chi connectivity index (χ4n) is 2.42. The zero-order chi connectivity index (χ0) is 16.8. The van der Waals surface area contributed by atoms with Crippen LogP contribution < -0.4 is 4.74 Å². The molecule has 2 nitrogen and oxygen atoms in total. The van der Waals surface area contributed by atoms with E-state index in [9.17, 15) is 4.79 Å². The van der Waals surface area contributed by atoms with Crippen LogP contribution in [0.1, 0.15) is 15.9 Å². The summed E-state index contributed by atoms with van der Waals surface area (Å²) in [5.41, 5.74) is 1.62. The highest BCUT2D eigenvalue weighted by Crippen LogP contribution is 2.25. The van der Waals surface area contributed by atoms with Gasteiger partial charge in [-0.05, 0) is 29.8 Å². The van der Waals surface area contributed by atoms with Crippen LogP contribution in [0.2, 0.25) is 0 Å². The first-order chi connectivity index (χ1) is 11.7. The molecule has 0 bridgehead atoms. The Kier molecular flexibility index (Phi) is 5.44. The van der Waals surface area contributed by atoms with Crippen molar-refractivity contribution in [1.29, 1.82) is 0 Å². The largest absolute Gasteiger partial charge is 0.488 e. The van der Waals surface area contributed by atoms with Crippen LogP contribution >= 0.6 is 15.9 Å². The quantitative estimate of drug-likeness (QED) is 0.487. The standard InChI is InChI=1S/C21H17BrO2/c22-18-11-13-21(24-15-17-8-2-1-3-9-17)19(14-18)20(23)12-10-16-6-4-5-7-16/h1-14,16H,15H2. The van der Waals surface area contributed by atoms with Gasteiger partial charge in [-0.25, -0.2) is 0 Å². The van der Waals surface area contributed by atoms with Gasteiger partial charge in [-0.1, -0.05) is 76.6 Å².